The molecule has 2 aromatic heterocycles. The highest BCUT2D eigenvalue weighted by Gasteiger charge is 2.13. The third kappa shape index (κ3) is 2.96. The predicted octanol–water partition coefficient (Wildman–Crippen LogP) is 0.847. The van der Waals surface area contributed by atoms with Crippen LogP contribution in [-0.4, -0.2) is 24.6 Å². The van der Waals surface area contributed by atoms with Gasteiger partial charge in [0.25, 0.3) is 0 Å². The van der Waals surface area contributed by atoms with Gasteiger partial charge < -0.3 is 10.3 Å². The third-order valence-corrected chi connectivity index (χ3v) is 4.03. The van der Waals surface area contributed by atoms with Crippen LogP contribution in [0.15, 0.2) is 33.4 Å². The fraction of sp³-hybridized carbons (Fsp3) is 0.200. The molecule has 0 atom stereocenters. The summed E-state index contributed by atoms with van der Waals surface area (Å²) in [4.78, 5) is 17.6. The van der Waals surface area contributed by atoms with Crippen molar-refractivity contribution in [1.29, 1.82) is 0 Å². The summed E-state index contributed by atoms with van der Waals surface area (Å²) >= 11 is 1.06. The van der Waals surface area contributed by atoms with Gasteiger partial charge in [-0.25, -0.2) is 13.4 Å². The summed E-state index contributed by atoms with van der Waals surface area (Å²) in [7, 11) is -3.33. The lowest BCUT2D eigenvalue weighted by molar-refractivity contribution is 0.601. The summed E-state index contributed by atoms with van der Waals surface area (Å²) in [5.74, 6) is 0.284. The molecule has 0 saturated carbocycles. The molecule has 0 saturated heterocycles. The Kier molecular flexibility index (Phi) is 3.48. The highest BCUT2D eigenvalue weighted by molar-refractivity contribution is 7.90. The lowest BCUT2D eigenvalue weighted by Crippen LogP contribution is -2.08. The average Bonchev–Trinajstić information content (AvgIpc) is 2.72. The molecule has 0 aliphatic heterocycles. The van der Waals surface area contributed by atoms with Crippen molar-refractivity contribution in [3.05, 3.63) is 39.1 Å². The Bertz CT molecular complexity index is 703. The first-order chi connectivity index (χ1) is 8.47. The number of hydrogen-bond acceptors (Lipinski definition) is 6. The number of nitrogens with zero attached hydrogens (tertiary/aromatic N) is 1. The van der Waals surface area contributed by atoms with Crippen LogP contribution in [-0.2, 0) is 16.4 Å². The summed E-state index contributed by atoms with van der Waals surface area (Å²) in [6.07, 6.45) is 2.63. The molecule has 0 unspecified atom stereocenters. The van der Waals surface area contributed by atoms with Crippen LogP contribution in [0.25, 0.3) is 0 Å². The van der Waals surface area contributed by atoms with Gasteiger partial charge in [0.15, 0.2) is 9.84 Å². The van der Waals surface area contributed by atoms with Crippen LogP contribution in [0.1, 0.15) is 5.69 Å². The molecule has 96 valence electrons. The van der Waals surface area contributed by atoms with E-state index in [0.717, 1.165) is 17.6 Å². The van der Waals surface area contributed by atoms with E-state index in [-0.39, 0.29) is 15.6 Å². The Balaban J connectivity index is 2.22. The molecular weight excluding hydrogens is 274 g/mol. The highest BCUT2D eigenvalue weighted by Crippen LogP contribution is 2.18. The monoisotopic (exact) mass is 285 g/mol. The van der Waals surface area contributed by atoms with Crippen molar-refractivity contribution in [2.45, 2.75) is 11.4 Å². The summed E-state index contributed by atoms with van der Waals surface area (Å²) in [5.41, 5.74) is 0.690. The number of rotatable bonds is 4. The van der Waals surface area contributed by atoms with E-state index in [2.05, 4.69) is 15.3 Å². The van der Waals surface area contributed by atoms with Gasteiger partial charge in [0, 0.05) is 23.5 Å². The molecule has 2 aromatic rings. The quantitative estimate of drug-likeness (QED) is 0.868. The number of H-pyrrole nitrogens is 1. The molecule has 0 amide bonds. The molecule has 0 spiro atoms. The molecule has 0 aliphatic carbocycles. The Morgan fingerprint density at radius 3 is 2.89 bits per heavy atom. The second-order valence-electron chi connectivity index (χ2n) is 3.65. The first kappa shape index (κ1) is 12.8. The number of pyridine rings is 1. The van der Waals surface area contributed by atoms with Crippen LogP contribution in [0.2, 0.25) is 0 Å². The maximum atomic E-state index is 11.5. The second kappa shape index (κ2) is 4.91. The molecule has 0 aliphatic rings. The van der Waals surface area contributed by atoms with E-state index in [4.69, 9.17) is 0 Å². The zero-order valence-corrected chi connectivity index (χ0v) is 11.1. The summed E-state index contributed by atoms with van der Waals surface area (Å²) < 4.78 is 23.1. The van der Waals surface area contributed by atoms with Gasteiger partial charge in [0.1, 0.15) is 10.7 Å². The summed E-state index contributed by atoms with van der Waals surface area (Å²) in [5, 5.41) is 4.57. The molecule has 8 heteroatoms. The van der Waals surface area contributed by atoms with E-state index < -0.39 is 9.84 Å². The molecule has 0 fully saturated rings. The van der Waals surface area contributed by atoms with Crippen LogP contribution in [0.4, 0.5) is 5.82 Å². The predicted molar refractivity (Wildman–Crippen MR) is 69.6 cm³/mol. The lowest BCUT2D eigenvalue weighted by Gasteiger charge is -2.08. The van der Waals surface area contributed by atoms with Crippen LogP contribution < -0.4 is 10.2 Å². The smallest absolute Gasteiger partial charge is 0.304 e. The minimum Gasteiger partial charge on any atom is -0.363 e. The van der Waals surface area contributed by atoms with E-state index >= 15 is 0 Å². The van der Waals surface area contributed by atoms with Crippen molar-refractivity contribution >= 4 is 27.0 Å². The van der Waals surface area contributed by atoms with Gasteiger partial charge in [-0.2, -0.15) is 0 Å². The van der Waals surface area contributed by atoms with E-state index in [9.17, 15) is 13.2 Å². The fourth-order valence-corrected chi connectivity index (χ4v) is 2.79. The molecule has 2 N–H and O–H groups in total. The largest absolute Gasteiger partial charge is 0.363 e. The van der Waals surface area contributed by atoms with Gasteiger partial charge in [-0.15, -0.1) is 0 Å². The van der Waals surface area contributed by atoms with Gasteiger partial charge in [-0.05, 0) is 12.1 Å². The molecule has 2 heterocycles. The molecule has 0 bridgehead atoms. The zero-order valence-electron chi connectivity index (χ0n) is 9.50. The number of hydrogen-bond donors (Lipinski definition) is 2. The maximum absolute atomic E-state index is 11.5. The number of aromatic amines is 1. The van der Waals surface area contributed by atoms with Crippen molar-refractivity contribution < 1.29 is 8.42 Å². The number of nitrogens with one attached hydrogen (secondary N) is 2. The molecule has 0 radical (unpaired) electrons. The van der Waals surface area contributed by atoms with Crippen molar-refractivity contribution in [3.63, 3.8) is 0 Å². The van der Waals surface area contributed by atoms with Crippen molar-refractivity contribution in [1.82, 2.24) is 9.97 Å². The normalized spacial score (nSPS) is 11.4. The minimum absolute atomic E-state index is 0.141. The van der Waals surface area contributed by atoms with Crippen LogP contribution >= 0.6 is 11.3 Å². The van der Waals surface area contributed by atoms with Crippen LogP contribution in [0.3, 0.4) is 0 Å². The lowest BCUT2D eigenvalue weighted by atomic mass is 10.4. The number of aromatic nitrogens is 2. The fourth-order valence-electron chi connectivity index (χ4n) is 1.40. The van der Waals surface area contributed by atoms with Crippen molar-refractivity contribution in [2.24, 2.45) is 0 Å². The number of thiazole rings is 1. The third-order valence-electron chi connectivity index (χ3n) is 2.19. The minimum atomic E-state index is -3.33. The molecule has 18 heavy (non-hydrogen) atoms. The summed E-state index contributed by atoms with van der Waals surface area (Å²) in [6.45, 7) is 0.318. The average molecular weight is 285 g/mol. The second-order valence-corrected chi connectivity index (χ2v) is 6.48. The van der Waals surface area contributed by atoms with Crippen molar-refractivity contribution in [3.8, 4) is 0 Å². The Hall–Kier alpha value is -1.67. The van der Waals surface area contributed by atoms with E-state index in [1.165, 1.54) is 12.3 Å². The van der Waals surface area contributed by atoms with Crippen LogP contribution in [0.5, 0.6) is 0 Å². The number of sulfone groups is 1. The van der Waals surface area contributed by atoms with Gasteiger partial charge in [0.05, 0.1) is 6.54 Å². The zero-order chi connectivity index (χ0) is 13.2. The standard InChI is InChI=1S/C10H11N3O3S2/c1-18(15,16)8-3-2-4-11-9(8)12-5-7-6-17-10(14)13-7/h2-4,6H,5H2,1H3,(H,11,12)(H,13,14). The number of anilines is 1. The van der Waals surface area contributed by atoms with E-state index in [0.29, 0.717) is 12.2 Å². The Morgan fingerprint density at radius 2 is 2.28 bits per heavy atom. The van der Waals surface area contributed by atoms with E-state index in [1.54, 1.807) is 11.4 Å². The van der Waals surface area contributed by atoms with Gasteiger partial charge >= 0.3 is 4.87 Å². The maximum Gasteiger partial charge on any atom is 0.304 e. The first-order valence-electron chi connectivity index (χ1n) is 5.02. The van der Waals surface area contributed by atoms with Gasteiger partial charge in [-0.1, -0.05) is 11.3 Å². The van der Waals surface area contributed by atoms with E-state index in [1.807, 2.05) is 0 Å². The highest BCUT2D eigenvalue weighted by atomic mass is 32.2. The topological polar surface area (TPSA) is 91.9 Å². The first-order valence-corrected chi connectivity index (χ1v) is 7.79. The molecule has 6 nitrogen and oxygen atoms in total. The molecule has 2 rings (SSSR count). The van der Waals surface area contributed by atoms with Crippen molar-refractivity contribution in [2.75, 3.05) is 11.6 Å². The van der Waals surface area contributed by atoms with Gasteiger partial charge in [0.2, 0.25) is 0 Å². The molecular formula is C10H11N3O3S2. The van der Waals surface area contributed by atoms with Crippen LogP contribution in [0, 0.1) is 0 Å². The Morgan fingerprint density at radius 1 is 1.50 bits per heavy atom. The molecule has 0 aromatic carbocycles. The van der Waals surface area contributed by atoms with Gasteiger partial charge in [-0.3, -0.25) is 4.79 Å². The SMILES string of the molecule is CS(=O)(=O)c1cccnc1NCc1csc(=O)[nH]1. The summed E-state index contributed by atoms with van der Waals surface area (Å²) in [6, 6.07) is 3.05. The Labute approximate surface area is 108 Å².